The van der Waals surface area contributed by atoms with Crippen molar-refractivity contribution in [1.29, 1.82) is 0 Å². The molecular formula is C26H36N6O5. The van der Waals surface area contributed by atoms with Crippen LogP contribution in [0.4, 0.5) is 0 Å². The predicted octanol–water partition coefficient (Wildman–Crippen LogP) is 1.60. The summed E-state index contributed by atoms with van der Waals surface area (Å²) in [7, 11) is 0. The number of nitrogens with zero attached hydrogens (tertiary/aromatic N) is 2. The van der Waals surface area contributed by atoms with Gasteiger partial charge < -0.3 is 20.5 Å². The average molecular weight is 513 g/mol. The summed E-state index contributed by atoms with van der Waals surface area (Å²) in [6.45, 7) is 0.0197. The van der Waals surface area contributed by atoms with Crippen molar-refractivity contribution in [1.82, 2.24) is 26.1 Å². The number of carboxylic acid groups (broad SMARTS) is 1. The molecule has 1 aromatic carbocycles. The molecule has 1 saturated heterocycles. The van der Waals surface area contributed by atoms with Gasteiger partial charge in [0.15, 0.2) is 6.29 Å². The number of hydrogen-bond acceptors (Lipinski definition) is 8. The average Bonchev–Trinajstić information content (AvgIpc) is 3.25. The Morgan fingerprint density at radius 2 is 1.70 bits per heavy atom. The van der Waals surface area contributed by atoms with E-state index in [0.717, 1.165) is 44.1 Å². The van der Waals surface area contributed by atoms with Gasteiger partial charge in [0, 0.05) is 11.8 Å². The van der Waals surface area contributed by atoms with Crippen LogP contribution in [-0.4, -0.2) is 57.1 Å². The van der Waals surface area contributed by atoms with E-state index in [9.17, 15) is 19.5 Å². The summed E-state index contributed by atoms with van der Waals surface area (Å²) in [5.74, 6) is 4.60. The quantitative estimate of drug-likeness (QED) is 0.343. The third kappa shape index (κ3) is 4.96. The maximum Gasteiger partial charge on any atom is 0.329 e. The third-order valence-electron chi connectivity index (χ3n) is 8.08. The topological polar surface area (TPSA) is 149 Å². The lowest BCUT2D eigenvalue weighted by Gasteiger charge is -2.41. The number of aliphatic carboxylic acids is 1. The van der Waals surface area contributed by atoms with Crippen LogP contribution in [0, 0.1) is 0 Å². The van der Waals surface area contributed by atoms with Crippen molar-refractivity contribution in [3.05, 3.63) is 47.7 Å². The molecule has 4 aliphatic rings. The molecule has 0 radical (unpaired) electrons. The number of nitrogens with two attached hydrogens (primary N) is 1. The first-order valence-corrected chi connectivity index (χ1v) is 13.2. The predicted molar refractivity (Wildman–Crippen MR) is 134 cm³/mol. The number of rotatable bonds is 7. The monoisotopic (exact) mass is 512 g/mol. The number of benzene rings is 1. The molecule has 2 aliphatic heterocycles. The van der Waals surface area contributed by atoms with Gasteiger partial charge in [-0.05, 0) is 31.2 Å². The van der Waals surface area contributed by atoms with Crippen LogP contribution in [-0.2, 0) is 19.1 Å². The van der Waals surface area contributed by atoms with Crippen LogP contribution in [0.2, 0.25) is 0 Å². The van der Waals surface area contributed by atoms with Crippen LogP contribution in [0.1, 0.15) is 75.9 Å². The summed E-state index contributed by atoms with van der Waals surface area (Å²) in [4.78, 5) is 38.7. The standard InChI is InChI=1S/C26H36N6O5/c27-32-21(18-10-4-1-5-11-18)29-24-28-19(16-20(33)31(24)32)17-37-26(14-8-3-9-15-26)22(34)30-25(23(35)36)12-6-2-7-13-25/h1,4-5,10-11,16,21,24,28-29H,2-3,6-9,12-15,17,27H2,(H,30,34)(H,35,36). The molecule has 1 aromatic rings. The van der Waals surface area contributed by atoms with Crippen molar-refractivity contribution >= 4 is 17.8 Å². The maximum atomic E-state index is 13.6. The van der Waals surface area contributed by atoms with Crippen molar-refractivity contribution in [2.24, 2.45) is 5.84 Å². The minimum absolute atomic E-state index is 0.0197. The second-order valence-electron chi connectivity index (χ2n) is 10.5. The summed E-state index contributed by atoms with van der Waals surface area (Å²) in [6.07, 6.45) is 7.47. The summed E-state index contributed by atoms with van der Waals surface area (Å²) in [6, 6.07) is 9.59. The number of nitrogens with one attached hydrogen (secondary N) is 3. The number of amides is 2. The molecule has 2 saturated carbocycles. The molecule has 6 N–H and O–H groups in total. The van der Waals surface area contributed by atoms with Crippen LogP contribution in [0.5, 0.6) is 0 Å². The summed E-state index contributed by atoms with van der Waals surface area (Å²) >= 11 is 0. The normalized spacial score (nSPS) is 27.1. The van der Waals surface area contributed by atoms with Crippen molar-refractivity contribution in [2.45, 2.75) is 87.8 Å². The second kappa shape index (κ2) is 10.4. The van der Waals surface area contributed by atoms with E-state index in [0.29, 0.717) is 31.4 Å². The highest BCUT2D eigenvalue weighted by molar-refractivity contribution is 5.92. The molecule has 0 aromatic heterocycles. The van der Waals surface area contributed by atoms with Gasteiger partial charge in [0.05, 0.1) is 6.61 Å². The number of carbonyl (C=O) groups is 3. The van der Waals surface area contributed by atoms with Crippen LogP contribution < -0.4 is 21.8 Å². The zero-order valence-electron chi connectivity index (χ0n) is 20.9. The Kier molecular flexibility index (Phi) is 7.21. The molecule has 2 atom stereocenters. The van der Waals surface area contributed by atoms with Gasteiger partial charge in [0.25, 0.3) is 11.8 Å². The van der Waals surface area contributed by atoms with Crippen molar-refractivity contribution < 1.29 is 24.2 Å². The van der Waals surface area contributed by atoms with Crippen molar-refractivity contribution in [2.75, 3.05) is 6.61 Å². The van der Waals surface area contributed by atoms with E-state index in [2.05, 4.69) is 16.0 Å². The van der Waals surface area contributed by atoms with Gasteiger partial charge in [-0.2, -0.15) is 0 Å². The number of carbonyl (C=O) groups excluding carboxylic acids is 2. The Bertz CT molecular complexity index is 1050. The van der Waals surface area contributed by atoms with Crippen LogP contribution in [0.25, 0.3) is 0 Å². The molecular weight excluding hydrogens is 476 g/mol. The van der Waals surface area contributed by atoms with Crippen LogP contribution in [0.3, 0.4) is 0 Å². The van der Waals surface area contributed by atoms with Crippen LogP contribution >= 0.6 is 0 Å². The second-order valence-corrected chi connectivity index (χ2v) is 10.5. The number of carboxylic acids is 1. The maximum absolute atomic E-state index is 13.6. The molecule has 2 unspecified atom stereocenters. The lowest BCUT2D eigenvalue weighted by Crippen LogP contribution is -2.62. The molecule has 2 amide bonds. The number of ether oxygens (including phenoxy) is 1. The van der Waals surface area contributed by atoms with Crippen molar-refractivity contribution in [3.63, 3.8) is 0 Å². The highest BCUT2D eigenvalue weighted by Gasteiger charge is 2.48. The minimum atomic E-state index is -1.24. The largest absolute Gasteiger partial charge is 0.480 e. The highest BCUT2D eigenvalue weighted by Crippen LogP contribution is 2.36. The fraction of sp³-hybridized carbons (Fsp3) is 0.577. The molecule has 11 nitrogen and oxygen atoms in total. The zero-order chi connectivity index (χ0) is 26.0. The summed E-state index contributed by atoms with van der Waals surface area (Å²) in [5.41, 5.74) is -0.924. The van der Waals surface area contributed by atoms with Gasteiger partial charge in [-0.3, -0.25) is 14.9 Å². The molecule has 2 heterocycles. The van der Waals surface area contributed by atoms with E-state index in [1.165, 1.54) is 16.2 Å². The zero-order valence-corrected chi connectivity index (χ0v) is 20.9. The molecule has 2 aliphatic carbocycles. The SMILES string of the molecule is NN1C(c2ccccc2)NC2NC(COC3(C(=O)NC4(C(=O)O)CCCCC4)CCCCC3)=CC(=O)N21. The fourth-order valence-electron chi connectivity index (χ4n) is 5.95. The minimum Gasteiger partial charge on any atom is -0.480 e. The van der Waals surface area contributed by atoms with Crippen molar-refractivity contribution in [3.8, 4) is 0 Å². The Labute approximate surface area is 216 Å². The van der Waals surface area contributed by atoms with E-state index in [1.54, 1.807) is 0 Å². The molecule has 0 spiro atoms. The molecule has 3 fully saturated rings. The first kappa shape index (κ1) is 25.7. The Balaban J connectivity index is 1.28. The van der Waals surface area contributed by atoms with E-state index >= 15 is 0 Å². The first-order valence-electron chi connectivity index (χ1n) is 13.2. The molecule has 37 heavy (non-hydrogen) atoms. The van der Waals surface area contributed by atoms with E-state index in [4.69, 9.17) is 10.6 Å². The number of hydrogen-bond donors (Lipinski definition) is 5. The number of hydrazine groups is 2. The van der Waals surface area contributed by atoms with E-state index in [-0.39, 0.29) is 18.4 Å². The highest BCUT2D eigenvalue weighted by atomic mass is 16.5. The first-order chi connectivity index (χ1) is 17.8. The summed E-state index contributed by atoms with van der Waals surface area (Å²) < 4.78 is 6.29. The lowest BCUT2D eigenvalue weighted by atomic mass is 9.79. The van der Waals surface area contributed by atoms with Gasteiger partial charge in [0.1, 0.15) is 17.3 Å². The molecule has 5 rings (SSSR count). The molecule has 0 bridgehead atoms. The van der Waals surface area contributed by atoms with Gasteiger partial charge in [-0.25, -0.2) is 15.6 Å². The van der Waals surface area contributed by atoms with Gasteiger partial charge in [0.2, 0.25) is 0 Å². The van der Waals surface area contributed by atoms with Crippen LogP contribution in [0.15, 0.2) is 42.1 Å². The van der Waals surface area contributed by atoms with Gasteiger partial charge in [-0.1, -0.05) is 68.9 Å². The molecule has 200 valence electrons. The lowest BCUT2D eigenvalue weighted by molar-refractivity contribution is -0.160. The number of fused-ring (bicyclic) bond motifs is 1. The Hall–Kier alpha value is -2.99. The third-order valence-corrected chi connectivity index (χ3v) is 8.08. The van der Waals surface area contributed by atoms with Gasteiger partial charge in [-0.15, -0.1) is 5.12 Å². The van der Waals surface area contributed by atoms with E-state index < -0.39 is 29.6 Å². The van der Waals surface area contributed by atoms with Gasteiger partial charge >= 0.3 is 5.97 Å². The fourth-order valence-corrected chi connectivity index (χ4v) is 5.95. The van der Waals surface area contributed by atoms with E-state index in [1.807, 2.05) is 30.3 Å². The Morgan fingerprint density at radius 1 is 1.05 bits per heavy atom. The molecule has 11 heteroatoms. The smallest absolute Gasteiger partial charge is 0.329 e. The Morgan fingerprint density at radius 3 is 2.35 bits per heavy atom. The summed E-state index contributed by atoms with van der Waals surface area (Å²) in [5, 5.41) is 22.2.